The summed E-state index contributed by atoms with van der Waals surface area (Å²) in [6.45, 7) is 5.21. The van der Waals surface area contributed by atoms with Crippen LogP contribution in [-0.4, -0.2) is 43.4 Å². The van der Waals surface area contributed by atoms with Crippen molar-refractivity contribution in [3.8, 4) is 0 Å². The van der Waals surface area contributed by atoms with E-state index >= 15 is 0 Å². The first-order chi connectivity index (χ1) is 14.3. The highest BCUT2D eigenvalue weighted by molar-refractivity contribution is 6.01. The van der Waals surface area contributed by atoms with Crippen molar-refractivity contribution in [3.63, 3.8) is 0 Å². The Hall–Kier alpha value is -3.42. The lowest BCUT2D eigenvalue weighted by atomic mass is 10.0. The van der Waals surface area contributed by atoms with E-state index in [1.54, 1.807) is 32.0 Å². The summed E-state index contributed by atoms with van der Waals surface area (Å²) in [5.41, 5.74) is 1.35. The van der Waals surface area contributed by atoms with Gasteiger partial charge in [-0.1, -0.05) is 26.0 Å². The highest BCUT2D eigenvalue weighted by Crippen LogP contribution is 2.19. The number of anilines is 2. The fourth-order valence-electron chi connectivity index (χ4n) is 3.23. The van der Waals surface area contributed by atoms with Gasteiger partial charge >= 0.3 is 0 Å². The van der Waals surface area contributed by atoms with Crippen LogP contribution in [0.5, 0.6) is 0 Å². The van der Waals surface area contributed by atoms with Crippen LogP contribution in [-0.2, 0) is 9.59 Å². The van der Waals surface area contributed by atoms with Gasteiger partial charge in [-0.25, -0.2) is 4.39 Å². The number of rotatable bonds is 6. The topological polar surface area (TPSA) is 90.5 Å². The van der Waals surface area contributed by atoms with E-state index in [1.807, 2.05) is 17.0 Å². The van der Waals surface area contributed by atoms with Gasteiger partial charge in [0, 0.05) is 24.5 Å². The fraction of sp³-hybridized carbons (Fsp3) is 0.318. The Kier molecular flexibility index (Phi) is 6.66. The molecule has 1 aliphatic rings. The number of carbonyl (C=O) groups excluding carboxylic acids is 3. The average Bonchev–Trinajstić information content (AvgIpc) is 2.72. The zero-order valence-electron chi connectivity index (χ0n) is 16.9. The Bertz CT molecular complexity index is 930. The second kappa shape index (κ2) is 9.39. The molecule has 0 aliphatic carbocycles. The van der Waals surface area contributed by atoms with E-state index < -0.39 is 17.8 Å². The summed E-state index contributed by atoms with van der Waals surface area (Å²) in [4.78, 5) is 38.7. The first-order valence-corrected chi connectivity index (χ1v) is 9.83. The lowest BCUT2D eigenvalue weighted by Crippen LogP contribution is -2.47. The third-order valence-corrected chi connectivity index (χ3v) is 4.89. The molecule has 1 saturated heterocycles. The molecule has 1 unspecified atom stereocenters. The van der Waals surface area contributed by atoms with Crippen molar-refractivity contribution in [2.75, 3.05) is 29.9 Å². The molecule has 3 amide bonds. The second-order valence-corrected chi connectivity index (χ2v) is 7.48. The predicted octanol–water partition coefficient (Wildman–Crippen LogP) is 2.15. The van der Waals surface area contributed by atoms with Crippen molar-refractivity contribution in [1.29, 1.82) is 0 Å². The van der Waals surface area contributed by atoms with E-state index in [0.29, 0.717) is 18.8 Å². The van der Waals surface area contributed by atoms with Gasteiger partial charge in [0.15, 0.2) is 0 Å². The zero-order valence-corrected chi connectivity index (χ0v) is 16.9. The molecule has 158 valence electrons. The van der Waals surface area contributed by atoms with E-state index in [4.69, 9.17) is 0 Å². The van der Waals surface area contributed by atoms with Gasteiger partial charge in [-0.05, 0) is 42.3 Å². The summed E-state index contributed by atoms with van der Waals surface area (Å²) in [5, 5.41) is 8.18. The lowest BCUT2D eigenvalue weighted by molar-refractivity contribution is -0.120. The summed E-state index contributed by atoms with van der Waals surface area (Å²) >= 11 is 0. The van der Waals surface area contributed by atoms with Gasteiger partial charge in [-0.2, -0.15) is 0 Å². The SMILES string of the molecule is CC(C)C(NC(=O)c1ccccc1F)C(=O)Nc1ccc(N2CCNC(=O)C2)cc1. The number of amides is 3. The van der Waals surface area contributed by atoms with Gasteiger partial charge in [0.05, 0.1) is 12.1 Å². The summed E-state index contributed by atoms with van der Waals surface area (Å²) < 4.78 is 13.9. The Labute approximate surface area is 174 Å². The lowest BCUT2D eigenvalue weighted by Gasteiger charge is -2.28. The first-order valence-electron chi connectivity index (χ1n) is 9.83. The molecule has 3 rings (SSSR count). The van der Waals surface area contributed by atoms with E-state index in [9.17, 15) is 18.8 Å². The van der Waals surface area contributed by atoms with Crippen molar-refractivity contribution in [2.24, 2.45) is 5.92 Å². The highest BCUT2D eigenvalue weighted by atomic mass is 19.1. The van der Waals surface area contributed by atoms with Crippen LogP contribution in [0.25, 0.3) is 0 Å². The van der Waals surface area contributed by atoms with E-state index in [1.165, 1.54) is 18.2 Å². The fourth-order valence-corrected chi connectivity index (χ4v) is 3.23. The molecule has 0 radical (unpaired) electrons. The molecular formula is C22H25FN4O3. The Morgan fingerprint density at radius 3 is 2.43 bits per heavy atom. The van der Waals surface area contributed by atoms with Crippen molar-refractivity contribution >= 4 is 29.1 Å². The van der Waals surface area contributed by atoms with Crippen LogP contribution in [0.1, 0.15) is 24.2 Å². The number of halogens is 1. The normalized spacial score (nSPS) is 14.8. The number of nitrogens with one attached hydrogen (secondary N) is 3. The minimum Gasteiger partial charge on any atom is -0.360 e. The van der Waals surface area contributed by atoms with Crippen LogP contribution in [0.15, 0.2) is 48.5 Å². The molecule has 1 aliphatic heterocycles. The van der Waals surface area contributed by atoms with Crippen molar-refractivity contribution in [3.05, 3.63) is 59.9 Å². The molecule has 0 bridgehead atoms. The smallest absolute Gasteiger partial charge is 0.254 e. The van der Waals surface area contributed by atoms with Crippen LogP contribution in [0.4, 0.5) is 15.8 Å². The van der Waals surface area contributed by atoms with Crippen LogP contribution in [0.3, 0.4) is 0 Å². The number of benzene rings is 2. The largest absolute Gasteiger partial charge is 0.360 e. The van der Waals surface area contributed by atoms with Gasteiger partial charge in [-0.15, -0.1) is 0 Å². The minimum atomic E-state index is -0.831. The van der Waals surface area contributed by atoms with Gasteiger partial charge in [0.25, 0.3) is 5.91 Å². The molecule has 30 heavy (non-hydrogen) atoms. The van der Waals surface area contributed by atoms with Crippen molar-refractivity contribution in [2.45, 2.75) is 19.9 Å². The Balaban J connectivity index is 1.65. The maximum absolute atomic E-state index is 13.9. The number of nitrogens with zero attached hydrogens (tertiary/aromatic N) is 1. The van der Waals surface area contributed by atoms with Crippen LogP contribution in [0.2, 0.25) is 0 Å². The van der Waals surface area contributed by atoms with Gasteiger partial charge in [0.2, 0.25) is 11.8 Å². The molecule has 1 fully saturated rings. The van der Waals surface area contributed by atoms with Crippen molar-refractivity contribution in [1.82, 2.24) is 10.6 Å². The molecule has 0 saturated carbocycles. The predicted molar refractivity (Wildman–Crippen MR) is 113 cm³/mol. The van der Waals surface area contributed by atoms with Gasteiger partial charge < -0.3 is 20.9 Å². The number of hydrogen-bond donors (Lipinski definition) is 3. The molecule has 2 aromatic rings. The highest BCUT2D eigenvalue weighted by Gasteiger charge is 2.26. The molecule has 7 nitrogen and oxygen atoms in total. The van der Waals surface area contributed by atoms with Crippen LogP contribution < -0.4 is 20.9 Å². The summed E-state index contributed by atoms with van der Waals surface area (Å²) in [5.74, 6) is -1.89. The average molecular weight is 412 g/mol. The quantitative estimate of drug-likeness (QED) is 0.678. The van der Waals surface area contributed by atoms with Gasteiger partial charge in [-0.3, -0.25) is 14.4 Å². The number of piperazine rings is 1. The van der Waals surface area contributed by atoms with E-state index in [0.717, 1.165) is 12.2 Å². The molecule has 1 atom stereocenters. The molecule has 8 heteroatoms. The molecular weight excluding hydrogens is 387 g/mol. The summed E-state index contributed by atoms with van der Waals surface area (Å²) in [7, 11) is 0. The molecule has 0 aromatic heterocycles. The maximum Gasteiger partial charge on any atom is 0.254 e. The standard InChI is InChI=1S/C22H25FN4O3/c1-14(2)20(26-21(29)17-5-3-4-6-18(17)23)22(30)25-15-7-9-16(10-8-15)27-12-11-24-19(28)13-27/h3-10,14,20H,11-13H2,1-2H3,(H,24,28)(H,25,30)(H,26,29). The molecule has 1 heterocycles. The maximum atomic E-state index is 13.9. The summed E-state index contributed by atoms with van der Waals surface area (Å²) in [6, 6.07) is 12.0. The molecule has 2 aromatic carbocycles. The Morgan fingerprint density at radius 1 is 1.10 bits per heavy atom. The van der Waals surface area contributed by atoms with E-state index in [-0.39, 0.29) is 23.3 Å². The first kappa shape index (κ1) is 21.3. The minimum absolute atomic E-state index is 0.0241. The van der Waals surface area contributed by atoms with Crippen LogP contribution in [0, 0.1) is 11.7 Å². The Morgan fingerprint density at radius 2 is 1.80 bits per heavy atom. The second-order valence-electron chi connectivity index (χ2n) is 7.48. The summed E-state index contributed by atoms with van der Waals surface area (Å²) in [6.07, 6.45) is 0. The number of carbonyl (C=O) groups is 3. The molecule has 3 N–H and O–H groups in total. The van der Waals surface area contributed by atoms with Crippen LogP contribution >= 0.6 is 0 Å². The zero-order chi connectivity index (χ0) is 21.7. The molecule has 0 spiro atoms. The van der Waals surface area contributed by atoms with E-state index in [2.05, 4.69) is 16.0 Å². The van der Waals surface area contributed by atoms with Gasteiger partial charge in [0.1, 0.15) is 11.9 Å². The monoisotopic (exact) mass is 412 g/mol. The number of hydrogen-bond acceptors (Lipinski definition) is 4. The van der Waals surface area contributed by atoms with Crippen molar-refractivity contribution < 1.29 is 18.8 Å². The third kappa shape index (κ3) is 5.14. The third-order valence-electron chi connectivity index (χ3n) is 4.89.